The fraction of sp³-hybridized carbons (Fsp3) is 0.154. The smallest absolute Gasteiger partial charge is 0.148 e. The molecule has 0 aliphatic carbocycles. The first-order chi connectivity index (χ1) is 8.45. The first-order valence-electron chi connectivity index (χ1n) is 5.24. The third-order valence-electron chi connectivity index (χ3n) is 2.22. The number of hydrogen-bond donors (Lipinski definition) is 1. The van der Waals surface area contributed by atoms with E-state index in [4.69, 9.17) is 5.73 Å². The molecular formula is C13H15FN4. The molecule has 0 amide bonds. The number of rotatable bonds is 4. The predicted octanol–water partition coefficient (Wildman–Crippen LogP) is 2.43. The van der Waals surface area contributed by atoms with E-state index in [2.05, 4.69) is 28.3 Å². The molecule has 0 fully saturated rings. The van der Waals surface area contributed by atoms with Gasteiger partial charge in [0.1, 0.15) is 17.3 Å². The highest BCUT2D eigenvalue weighted by molar-refractivity contribution is 5.99. The molecule has 0 radical (unpaired) electrons. The van der Waals surface area contributed by atoms with Gasteiger partial charge in [0.15, 0.2) is 0 Å². The van der Waals surface area contributed by atoms with E-state index in [0.717, 1.165) is 6.20 Å². The lowest BCUT2D eigenvalue weighted by Crippen LogP contribution is -2.03. The fourth-order valence-electron chi connectivity index (χ4n) is 1.29. The Morgan fingerprint density at radius 3 is 2.56 bits per heavy atom. The Morgan fingerprint density at radius 1 is 1.39 bits per heavy atom. The van der Waals surface area contributed by atoms with E-state index in [9.17, 15) is 4.39 Å². The molecule has 1 aromatic heterocycles. The van der Waals surface area contributed by atoms with E-state index >= 15 is 0 Å². The Labute approximate surface area is 105 Å². The topological polar surface area (TPSA) is 63.6 Å². The SMILES string of the molecule is C=N/C(N)=C(\N=C(/C)c1cncc(F)c1)C(=C)C. The Bertz CT molecular complexity index is 544. The van der Waals surface area contributed by atoms with Gasteiger partial charge in [-0.3, -0.25) is 4.98 Å². The predicted molar refractivity (Wildman–Crippen MR) is 72.0 cm³/mol. The normalized spacial score (nSPS) is 12.9. The number of aliphatic imine (C=N–C) groups is 2. The molecule has 1 aromatic rings. The van der Waals surface area contributed by atoms with Crippen LogP contribution in [0.15, 0.2) is 52.1 Å². The molecular weight excluding hydrogens is 231 g/mol. The third-order valence-corrected chi connectivity index (χ3v) is 2.22. The lowest BCUT2D eigenvalue weighted by atomic mass is 10.2. The van der Waals surface area contributed by atoms with Crippen LogP contribution in [0.4, 0.5) is 4.39 Å². The quantitative estimate of drug-likeness (QED) is 0.655. The molecule has 0 aromatic carbocycles. The van der Waals surface area contributed by atoms with Crippen LogP contribution in [0.2, 0.25) is 0 Å². The van der Waals surface area contributed by atoms with E-state index in [1.807, 2.05) is 0 Å². The summed E-state index contributed by atoms with van der Waals surface area (Å²) in [6.07, 6.45) is 2.65. The van der Waals surface area contributed by atoms with Crippen molar-refractivity contribution < 1.29 is 4.39 Å². The minimum Gasteiger partial charge on any atom is -0.382 e. The maximum atomic E-state index is 13.0. The van der Waals surface area contributed by atoms with Crippen LogP contribution in [-0.4, -0.2) is 17.4 Å². The molecule has 0 atom stereocenters. The first-order valence-corrected chi connectivity index (χ1v) is 5.24. The van der Waals surface area contributed by atoms with Gasteiger partial charge in [-0.05, 0) is 32.2 Å². The van der Waals surface area contributed by atoms with Crippen molar-refractivity contribution in [2.24, 2.45) is 15.7 Å². The molecule has 0 unspecified atom stereocenters. The van der Waals surface area contributed by atoms with Crippen LogP contribution < -0.4 is 5.73 Å². The van der Waals surface area contributed by atoms with Gasteiger partial charge in [0, 0.05) is 17.5 Å². The van der Waals surface area contributed by atoms with E-state index < -0.39 is 5.82 Å². The van der Waals surface area contributed by atoms with Crippen LogP contribution in [0.3, 0.4) is 0 Å². The van der Waals surface area contributed by atoms with Crippen molar-refractivity contribution >= 4 is 12.4 Å². The maximum absolute atomic E-state index is 13.0. The Kier molecular flexibility index (Phi) is 4.48. The average molecular weight is 246 g/mol. The summed E-state index contributed by atoms with van der Waals surface area (Å²) >= 11 is 0. The monoisotopic (exact) mass is 246 g/mol. The highest BCUT2D eigenvalue weighted by atomic mass is 19.1. The van der Waals surface area contributed by atoms with Gasteiger partial charge < -0.3 is 5.73 Å². The molecule has 94 valence electrons. The van der Waals surface area contributed by atoms with Crippen LogP contribution >= 0.6 is 0 Å². The second kappa shape index (κ2) is 5.86. The van der Waals surface area contributed by atoms with Gasteiger partial charge in [0.25, 0.3) is 0 Å². The fourth-order valence-corrected chi connectivity index (χ4v) is 1.29. The highest BCUT2D eigenvalue weighted by Gasteiger charge is 2.05. The van der Waals surface area contributed by atoms with Gasteiger partial charge in [-0.1, -0.05) is 6.58 Å². The lowest BCUT2D eigenvalue weighted by molar-refractivity contribution is 0.621. The standard InChI is InChI=1S/C13H15FN4/c1-8(2)12(13(15)16-4)18-9(3)10-5-11(14)7-17-6-10/h5-7H,1,4,15H2,2-3H3/b13-12-,18-9+. The summed E-state index contributed by atoms with van der Waals surface area (Å²) in [7, 11) is 0. The number of halogens is 1. The molecule has 1 rings (SSSR count). The molecule has 0 spiro atoms. The summed E-state index contributed by atoms with van der Waals surface area (Å²) in [4.78, 5) is 11.7. The third kappa shape index (κ3) is 3.35. The van der Waals surface area contributed by atoms with Crippen molar-refractivity contribution in [3.8, 4) is 0 Å². The summed E-state index contributed by atoms with van der Waals surface area (Å²) in [5.41, 5.74) is 7.91. The molecule has 4 nitrogen and oxygen atoms in total. The molecule has 0 aliphatic rings. The Morgan fingerprint density at radius 2 is 2.06 bits per heavy atom. The highest BCUT2D eigenvalue weighted by Crippen LogP contribution is 2.14. The number of nitrogens with two attached hydrogens (primary N) is 1. The molecule has 0 saturated heterocycles. The van der Waals surface area contributed by atoms with Crippen molar-refractivity contribution in [3.05, 3.63) is 53.5 Å². The van der Waals surface area contributed by atoms with Crippen molar-refractivity contribution in [1.82, 2.24) is 4.98 Å². The lowest BCUT2D eigenvalue weighted by Gasteiger charge is -2.06. The zero-order chi connectivity index (χ0) is 13.7. The maximum Gasteiger partial charge on any atom is 0.148 e. The van der Waals surface area contributed by atoms with Gasteiger partial charge in [-0.15, -0.1) is 0 Å². The van der Waals surface area contributed by atoms with Gasteiger partial charge >= 0.3 is 0 Å². The largest absolute Gasteiger partial charge is 0.382 e. The van der Waals surface area contributed by atoms with Gasteiger partial charge in [0.05, 0.1) is 6.20 Å². The molecule has 0 bridgehead atoms. The van der Waals surface area contributed by atoms with Gasteiger partial charge in [-0.2, -0.15) is 0 Å². The number of hydrogen-bond acceptors (Lipinski definition) is 4. The van der Waals surface area contributed by atoms with Gasteiger partial charge in [0.2, 0.25) is 0 Å². The van der Waals surface area contributed by atoms with Crippen LogP contribution in [0, 0.1) is 5.82 Å². The van der Waals surface area contributed by atoms with Crippen LogP contribution in [0.5, 0.6) is 0 Å². The van der Waals surface area contributed by atoms with Crippen LogP contribution in [0.25, 0.3) is 0 Å². The van der Waals surface area contributed by atoms with E-state index in [0.29, 0.717) is 22.5 Å². The summed E-state index contributed by atoms with van der Waals surface area (Å²) in [6.45, 7) is 10.6. The zero-order valence-electron chi connectivity index (χ0n) is 10.4. The number of aromatic nitrogens is 1. The summed E-state index contributed by atoms with van der Waals surface area (Å²) in [5, 5.41) is 0. The Balaban J connectivity index is 3.23. The molecule has 2 N–H and O–H groups in total. The minimum atomic E-state index is -0.419. The van der Waals surface area contributed by atoms with Crippen molar-refractivity contribution in [2.45, 2.75) is 13.8 Å². The zero-order valence-corrected chi connectivity index (χ0v) is 10.4. The molecule has 0 saturated carbocycles. The van der Waals surface area contributed by atoms with Crippen molar-refractivity contribution in [1.29, 1.82) is 0 Å². The molecule has 18 heavy (non-hydrogen) atoms. The van der Waals surface area contributed by atoms with E-state index in [-0.39, 0.29) is 5.82 Å². The molecule has 5 heteroatoms. The number of nitrogens with zero attached hydrogens (tertiary/aromatic N) is 3. The second-order valence-corrected chi connectivity index (χ2v) is 3.76. The van der Waals surface area contributed by atoms with Gasteiger partial charge in [-0.25, -0.2) is 14.4 Å². The van der Waals surface area contributed by atoms with Crippen molar-refractivity contribution in [3.63, 3.8) is 0 Å². The van der Waals surface area contributed by atoms with E-state index in [1.165, 1.54) is 12.3 Å². The van der Waals surface area contributed by atoms with Crippen molar-refractivity contribution in [2.75, 3.05) is 0 Å². The second-order valence-electron chi connectivity index (χ2n) is 3.76. The molecule has 1 heterocycles. The first kappa shape index (κ1) is 13.8. The van der Waals surface area contributed by atoms with Crippen LogP contribution in [0.1, 0.15) is 19.4 Å². The Hall–Kier alpha value is -2.30. The minimum absolute atomic E-state index is 0.186. The van der Waals surface area contributed by atoms with E-state index in [1.54, 1.807) is 13.8 Å². The number of allylic oxidation sites excluding steroid dienone is 1. The van der Waals surface area contributed by atoms with Crippen LogP contribution in [-0.2, 0) is 0 Å². The average Bonchev–Trinajstić information content (AvgIpc) is 2.34. The summed E-state index contributed by atoms with van der Waals surface area (Å²) in [6, 6.07) is 1.35. The summed E-state index contributed by atoms with van der Waals surface area (Å²) < 4.78 is 13.0. The molecule has 0 aliphatic heterocycles. The summed E-state index contributed by atoms with van der Waals surface area (Å²) in [5.74, 6) is -0.232. The number of pyridine rings is 1.